The first-order valence-electron chi connectivity index (χ1n) is 41.1. The Balaban J connectivity index is 2.11. The van der Waals surface area contributed by atoms with E-state index in [0.29, 0.717) is 45.2 Å². The van der Waals surface area contributed by atoms with E-state index in [4.69, 9.17) is 18.9 Å². The Hall–Kier alpha value is -3.84. The summed E-state index contributed by atoms with van der Waals surface area (Å²) in [6.45, 7) is 12.7. The van der Waals surface area contributed by atoms with Crippen LogP contribution < -0.4 is 18.9 Å². The number of ether oxygens (including phenoxy) is 4. The van der Waals surface area contributed by atoms with Crippen molar-refractivity contribution in [2.45, 2.75) is 426 Å². The van der Waals surface area contributed by atoms with Gasteiger partial charge in [-0.2, -0.15) is 10.5 Å². The molecular weight excluding hydrogens is 1140 g/mol. The lowest BCUT2D eigenvalue weighted by molar-refractivity contribution is 0.285. The largest absolute Gasteiger partial charge is 0.493 e. The molecular formula is C86H151N3O4. The minimum Gasteiger partial charge on any atom is -0.493 e. The van der Waals surface area contributed by atoms with Crippen LogP contribution in [0, 0.1) is 22.7 Å². The summed E-state index contributed by atoms with van der Waals surface area (Å²) in [5.74, 6) is 3.21. The molecule has 0 spiro atoms. The van der Waals surface area contributed by atoms with E-state index in [1.807, 2.05) is 4.90 Å². The number of nitrogens with zero attached hydrogens (tertiary/aromatic N) is 3. The maximum atomic E-state index is 10.6. The third-order valence-electron chi connectivity index (χ3n) is 19.3. The van der Waals surface area contributed by atoms with Crippen LogP contribution in [-0.2, 0) is 13.1 Å². The van der Waals surface area contributed by atoms with Crippen molar-refractivity contribution in [1.82, 2.24) is 4.90 Å². The normalized spacial score (nSPS) is 11.5. The van der Waals surface area contributed by atoms with Crippen LogP contribution >= 0.6 is 0 Å². The van der Waals surface area contributed by atoms with Crippen molar-refractivity contribution < 1.29 is 18.9 Å². The van der Waals surface area contributed by atoms with Crippen molar-refractivity contribution in [2.75, 3.05) is 26.4 Å². The molecule has 0 radical (unpaired) electrons. The number of allylic oxidation sites excluding steroid dienone is 2. The molecule has 0 bridgehead atoms. The highest BCUT2D eigenvalue weighted by atomic mass is 16.5. The Bertz CT molecular complexity index is 1790. The number of nitriles is 2. The Morgan fingerprint density at radius 3 is 0.602 bits per heavy atom. The van der Waals surface area contributed by atoms with Crippen LogP contribution in [0.2, 0.25) is 0 Å². The summed E-state index contributed by atoms with van der Waals surface area (Å²) in [6.07, 6.45) is 81.5. The zero-order chi connectivity index (χ0) is 66.5. The van der Waals surface area contributed by atoms with Crippen LogP contribution in [0.5, 0.6) is 23.0 Å². The molecule has 7 nitrogen and oxygen atoms in total. The van der Waals surface area contributed by atoms with Gasteiger partial charge in [-0.1, -0.05) is 387 Å². The average molecular weight is 1290 g/mol. The molecule has 0 saturated carbocycles. The molecule has 2 rings (SSSR count). The second kappa shape index (κ2) is 68.1. The van der Waals surface area contributed by atoms with Gasteiger partial charge < -0.3 is 23.8 Å². The van der Waals surface area contributed by atoms with Crippen molar-refractivity contribution in [2.24, 2.45) is 0 Å². The molecule has 0 heterocycles. The maximum absolute atomic E-state index is 10.6. The molecule has 2 aromatic rings. The summed E-state index contributed by atoms with van der Waals surface area (Å²) >= 11 is 0. The monoisotopic (exact) mass is 1290 g/mol. The molecule has 0 saturated heterocycles. The molecule has 0 aliphatic carbocycles. The fourth-order valence-corrected chi connectivity index (χ4v) is 13.4. The lowest BCUT2D eigenvalue weighted by Crippen LogP contribution is -2.22. The van der Waals surface area contributed by atoms with Gasteiger partial charge in [0.2, 0.25) is 0 Å². The van der Waals surface area contributed by atoms with Crippen LogP contribution in [0.25, 0.3) is 0 Å². The second-order valence-corrected chi connectivity index (χ2v) is 28.4. The molecule has 0 aliphatic heterocycles. The summed E-state index contributed by atoms with van der Waals surface area (Å²) in [4.78, 5) is 2.02. The molecule has 7 heteroatoms. The van der Waals surface area contributed by atoms with Gasteiger partial charge in [-0.15, -0.1) is 0 Å². The second-order valence-electron chi connectivity index (χ2n) is 28.4. The minimum absolute atomic E-state index is 0.325. The van der Waals surface area contributed by atoms with E-state index in [2.05, 4.69) is 76.2 Å². The van der Waals surface area contributed by atoms with E-state index in [1.54, 1.807) is 0 Å². The highest BCUT2D eigenvalue weighted by Crippen LogP contribution is 2.30. The average Bonchev–Trinajstić information content (AvgIpc) is 2.14. The van der Waals surface area contributed by atoms with E-state index in [9.17, 15) is 10.5 Å². The lowest BCUT2D eigenvalue weighted by Gasteiger charge is -2.25. The standard InChI is InChI=1S/C86H151N3O4/c1-5-9-13-17-21-25-29-33-37-41-45-49-53-57-61-67-90-83-71-80(72-84(75-83)91-68-62-58-54-50-46-42-38-34-30-26-22-18-14-10-6-2)78-89(82(77-88)65-66-87)79-81-73-85(92-69-63-59-55-51-47-43-39-35-31-27-23-19-15-11-7-3)76-86(74-81)93-70-64-60-56-52-48-44-40-36-32-28-24-20-16-12-8-4/h65,71-76H,5-64,67-70,78-79H2,1-4H3/b82-65+. The van der Waals surface area contributed by atoms with Gasteiger partial charge in [-0.3, -0.25) is 0 Å². The summed E-state index contributed by atoms with van der Waals surface area (Å²) in [5.41, 5.74) is 2.30. The summed E-state index contributed by atoms with van der Waals surface area (Å²) in [7, 11) is 0. The summed E-state index contributed by atoms with van der Waals surface area (Å²) in [5, 5.41) is 20.6. The van der Waals surface area contributed by atoms with Crippen LogP contribution in [-0.4, -0.2) is 31.3 Å². The minimum atomic E-state index is 0.325. The van der Waals surface area contributed by atoms with Crippen LogP contribution in [0.1, 0.15) is 424 Å². The van der Waals surface area contributed by atoms with Gasteiger partial charge in [0.05, 0.1) is 38.6 Å². The molecule has 0 atom stereocenters. The highest BCUT2D eigenvalue weighted by molar-refractivity contribution is 5.41. The van der Waals surface area contributed by atoms with Crippen LogP contribution in [0.4, 0.5) is 0 Å². The summed E-state index contributed by atoms with van der Waals surface area (Å²) in [6, 6.07) is 17.1. The number of hydrogen-bond donors (Lipinski definition) is 0. The van der Waals surface area contributed by atoms with E-state index in [-0.39, 0.29) is 0 Å². The van der Waals surface area contributed by atoms with Crippen molar-refractivity contribution in [1.29, 1.82) is 10.5 Å². The zero-order valence-electron chi connectivity index (χ0n) is 62.2. The first-order valence-corrected chi connectivity index (χ1v) is 41.1. The van der Waals surface area contributed by atoms with Crippen molar-refractivity contribution >= 4 is 0 Å². The predicted molar refractivity (Wildman–Crippen MR) is 403 cm³/mol. The van der Waals surface area contributed by atoms with E-state index in [1.165, 1.54) is 366 Å². The first kappa shape index (κ1) is 85.2. The Labute approximate surface area is 578 Å². The first-order chi connectivity index (χ1) is 46.1. The van der Waals surface area contributed by atoms with Gasteiger partial charge >= 0.3 is 0 Å². The Morgan fingerprint density at radius 1 is 0.269 bits per heavy atom. The predicted octanol–water partition coefficient (Wildman–Crippen LogP) is 28.6. The fraction of sp³-hybridized carbons (Fsp3) is 0.814. The molecule has 0 unspecified atom stereocenters. The van der Waals surface area contributed by atoms with Gasteiger partial charge in [0.15, 0.2) is 0 Å². The van der Waals surface area contributed by atoms with Gasteiger partial charge in [-0.25, -0.2) is 0 Å². The molecule has 0 aromatic heterocycles. The smallest absolute Gasteiger partial charge is 0.127 e. The van der Waals surface area contributed by atoms with Crippen molar-refractivity contribution in [3.8, 4) is 35.1 Å². The molecule has 0 amide bonds. The quantitative estimate of drug-likeness (QED) is 0.0482. The molecule has 0 fully saturated rings. The van der Waals surface area contributed by atoms with Gasteiger partial charge in [0.25, 0.3) is 0 Å². The third-order valence-corrected chi connectivity index (χ3v) is 19.3. The topological polar surface area (TPSA) is 87.7 Å². The number of benzene rings is 2. The van der Waals surface area contributed by atoms with Crippen molar-refractivity contribution in [3.05, 3.63) is 59.3 Å². The van der Waals surface area contributed by atoms with E-state index in [0.717, 1.165) is 59.8 Å². The Morgan fingerprint density at radius 2 is 0.441 bits per heavy atom. The zero-order valence-corrected chi connectivity index (χ0v) is 62.2. The third kappa shape index (κ3) is 54.9. The molecule has 0 aliphatic rings. The van der Waals surface area contributed by atoms with Gasteiger partial charge in [0.1, 0.15) is 34.8 Å². The van der Waals surface area contributed by atoms with Crippen molar-refractivity contribution in [3.63, 3.8) is 0 Å². The number of rotatable bonds is 73. The SMILES string of the molecule is CCCCCCCCCCCCCCCCCOc1cc(CN(Cc2cc(OCCCCCCCCCCCCCCCCC)cc(OCCCCCCCCCCCCCCCCC)c2)/C(C#N)=C/C#N)cc(OCCCCCCCCCCCCCCCCC)c1. The number of hydrogen-bond acceptors (Lipinski definition) is 7. The fourth-order valence-electron chi connectivity index (χ4n) is 13.4. The maximum Gasteiger partial charge on any atom is 0.127 e. The van der Waals surface area contributed by atoms with Gasteiger partial charge in [0, 0.05) is 25.2 Å². The summed E-state index contributed by atoms with van der Waals surface area (Å²) < 4.78 is 26.2. The van der Waals surface area contributed by atoms with E-state index >= 15 is 0 Å². The molecule has 93 heavy (non-hydrogen) atoms. The molecule has 2 aromatic carbocycles. The van der Waals surface area contributed by atoms with Crippen LogP contribution in [0.3, 0.4) is 0 Å². The Kier molecular flexibility index (Phi) is 62.4. The lowest BCUT2D eigenvalue weighted by atomic mass is 10.0. The molecule has 0 N–H and O–H groups in total. The van der Waals surface area contributed by atoms with Gasteiger partial charge in [-0.05, 0) is 61.1 Å². The van der Waals surface area contributed by atoms with E-state index < -0.39 is 0 Å². The number of unbranched alkanes of at least 4 members (excludes halogenated alkanes) is 56. The highest BCUT2D eigenvalue weighted by Gasteiger charge is 2.16. The van der Waals surface area contributed by atoms with Crippen LogP contribution in [0.15, 0.2) is 48.2 Å². The molecule has 534 valence electrons.